The third-order valence-electron chi connectivity index (χ3n) is 8.53. The summed E-state index contributed by atoms with van der Waals surface area (Å²) in [6.07, 6.45) is 2.39. The Balaban J connectivity index is 1.38. The third-order valence-corrected chi connectivity index (χ3v) is 8.53. The molecule has 3 amide bonds. The number of aliphatic hydroxyl groups excluding tert-OH is 1. The molecule has 0 radical (unpaired) electrons. The molecule has 0 spiro atoms. The van der Waals surface area contributed by atoms with Gasteiger partial charge in [-0.15, -0.1) is 13.2 Å². The summed E-state index contributed by atoms with van der Waals surface area (Å²) in [6, 6.07) is 23.9. The molecule has 0 fully saturated rings. The molecule has 4 rings (SSSR count). The molecule has 0 unspecified atom stereocenters. The van der Waals surface area contributed by atoms with Crippen molar-refractivity contribution in [1.29, 1.82) is 0 Å². The van der Waals surface area contributed by atoms with E-state index in [9.17, 15) is 19.2 Å². The van der Waals surface area contributed by atoms with Crippen molar-refractivity contribution < 1.29 is 38.5 Å². The fourth-order valence-corrected chi connectivity index (χ4v) is 5.98. The molecule has 3 atom stereocenters. The fourth-order valence-electron chi connectivity index (χ4n) is 5.98. The van der Waals surface area contributed by atoms with Gasteiger partial charge < -0.3 is 35.3 Å². The van der Waals surface area contributed by atoms with Crippen molar-refractivity contribution in [2.24, 2.45) is 5.92 Å². The van der Waals surface area contributed by atoms with Gasteiger partial charge in [0.15, 0.2) is 0 Å². The highest BCUT2D eigenvalue weighted by atomic mass is 16.6. The number of fused-ring (bicyclic) bond motifs is 3. The van der Waals surface area contributed by atoms with Crippen LogP contribution in [0, 0.1) is 5.92 Å². The van der Waals surface area contributed by atoms with Crippen molar-refractivity contribution in [3.63, 3.8) is 0 Å². The van der Waals surface area contributed by atoms with Crippen LogP contribution >= 0.6 is 0 Å². The average Bonchev–Trinajstić information content (AvgIpc) is 3.47. The lowest BCUT2D eigenvalue weighted by atomic mass is 9.98. The second-order valence-corrected chi connectivity index (χ2v) is 12.1. The smallest absolute Gasteiger partial charge is 0.407 e. The van der Waals surface area contributed by atoms with Crippen LogP contribution in [0.5, 0.6) is 0 Å². The van der Waals surface area contributed by atoms with Gasteiger partial charge in [0.2, 0.25) is 11.8 Å². The molecule has 0 saturated heterocycles. The first-order chi connectivity index (χ1) is 24.9. The van der Waals surface area contributed by atoms with Crippen molar-refractivity contribution in [2.75, 3.05) is 39.5 Å². The lowest BCUT2D eigenvalue weighted by Crippen LogP contribution is -2.44. The molecule has 0 saturated carbocycles. The summed E-state index contributed by atoms with van der Waals surface area (Å²) in [5.41, 5.74) is 4.99. The van der Waals surface area contributed by atoms with E-state index in [1.165, 1.54) is 0 Å². The lowest BCUT2D eigenvalue weighted by molar-refractivity contribution is -0.152. The molecule has 1 aliphatic carbocycles. The number of rotatable bonds is 21. The normalized spacial score (nSPS) is 13.4. The maximum Gasteiger partial charge on any atom is 0.407 e. The van der Waals surface area contributed by atoms with Crippen molar-refractivity contribution in [2.45, 2.75) is 43.7 Å². The number of allylic oxidation sites excluding steroid dienone is 2. The second kappa shape index (κ2) is 20.4. The fraction of sp³-hybridized carbons (Fsp3) is 0.350. The average molecular weight is 698 g/mol. The largest absolute Gasteiger partial charge is 0.454 e. The number of hydrogen-bond acceptors (Lipinski definition) is 8. The standard InChI is InChI=1S/C40H47N3O8/c1-3-5-20-35(43-40(48)50-27-34-32-18-11-9-16-30(32)31-17-10-12-19-33(31)34)39(47)51-36(28-14-7-6-8-15-28)26-42-38(46)29(13-4-2)25-37(45)41-21-23-49-24-22-44/h3-4,6-12,14-19,29,34-36,44H,1-2,5,13,20-27H2,(H,41,45)(H,42,46)(H,43,48)/t29-,35-,36+/m0/s1. The summed E-state index contributed by atoms with van der Waals surface area (Å²) < 4.78 is 16.8. The number of carbonyl (C=O) groups excluding carboxylic acids is 4. The number of amides is 3. The van der Waals surface area contributed by atoms with Crippen molar-refractivity contribution in [3.8, 4) is 11.1 Å². The van der Waals surface area contributed by atoms with Gasteiger partial charge in [-0.25, -0.2) is 9.59 Å². The molecule has 3 aromatic rings. The van der Waals surface area contributed by atoms with Crippen LogP contribution < -0.4 is 16.0 Å². The molecule has 270 valence electrons. The van der Waals surface area contributed by atoms with Crippen LogP contribution in [0.4, 0.5) is 4.79 Å². The highest BCUT2D eigenvalue weighted by molar-refractivity contribution is 5.86. The molecule has 0 aromatic heterocycles. The van der Waals surface area contributed by atoms with Crippen LogP contribution in [0.3, 0.4) is 0 Å². The van der Waals surface area contributed by atoms with Crippen LogP contribution in [0.1, 0.15) is 54.4 Å². The molecule has 0 aliphatic heterocycles. The highest BCUT2D eigenvalue weighted by Crippen LogP contribution is 2.44. The predicted molar refractivity (Wildman–Crippen MR) is 194 cm³/mol. The quantitative estimate of drug-likeness (QED) is 0.0692. The zero-order valence-corrected chi connectivity index (χ0v) is 28.8. The lowest BCUT2D eigenvalue weighted by Gasteiger charge is -2.24. The van der Waals surface area contributed by atoms with Gasteiger partial charge in [0.25, 0.3) is 0 Å². The maximum absolute atomic E-state index is 13.6. The summed E-state index contributed by atoms with van der Waals surface area (Å²) in [6.45, 7) is 8.01. The van der Waals surface area contributed by atoms with E-state index in [4.69, 9.17) is 19.3 Å². The Bertz CT molecular complexity index is 1580. The molecule has 0 heterocycles. The Morgan fingerprint density at radius 2 is 1.51 bits per heavy atom. The number of nitrogens with one attached hydrogen (secondary N) is 3. The van der Waals surface area contributed by atoms with Crippen LogP contribution in [-0.4, -0.2) is 74.5 Å². The van der Waals surface area contributed by atoms with Crippen LogP contribution in [0.2, 0.25) is 0 Å². The van der Waals surface area contributed by atoms with Crippen LogP contribution in [-0.2, 0) is 28.6 Å². The Kier molecular flexibility index (Phi) is 15.4. The third kappa shape index (κ3) is 11.4. The van der Waals surface area contributed by atoms with Gasteiger partial charge in [-0.3, -0.25) is 9.59 Å². The van der Waals surface area contributed by atoms with Gasteiger partial charge in [0.05, 0.1) is 32.3 Å². The summed E-state index contributed by atoms with van der Waals surface area (Å²) >= 11 is 0. The van der Waals surface area contributed by atoms with E-state index in [-0.39, 0.29) is 70.6 Å². The maximum atomic E-state index is 13.6. The predicted octanol–water partition coefficient (Wildman–Crippen LogP) is 4.97. The Labute approximate surface area is 299 Å². The van der Waals surface area contributed by atoms with Gasteiger partial charge in [-0.05, 0) is 47.1 Å². The number of ether oxygens (including phenoxy) is 3. The van der Waals surface area contributed by atoms with E-state index < -0.39 is 36.0 Å². The molecule has 11 nitrogen and oxygen atoms in total. The van der Waals surface area contributed by atoms with Gasteiger partial charge in [0.1, 0.15) is 18.8 Å². The molecular weight excluding hydrogens is 650 g/mol. The van der Waals surface area contributed by atoms with Gasteiger partial charge >= 0.3 is 12.1 Å². The minimum atomic E-state index is -1.04. The van der Waals surface area contributed by atoms with Gasteiger partial charge in [-0.2, -0.15) is 0 Å². The topological polar surface area (TPSA) is 152 Å². The summed E-state index contributed by atoms with van der Waals surface area (Å²) in [4.78, 5) is 52.5. The zero-order valence-electron chi connectivity index (χ0n) is 28.8. The van der Waals surface area contributed by atoms with Crippen molar-refractivity contribution >= 4 is 23.9 Å². The molecule has 4 N–H and O–H groups in total. The van der Waals surface area contributed by atoms with E-state index in [2.05, 4.69) is 41.2 Å². The van der Waals surface area contributed by atoms with E-state index in [0.717, 1.165) is 22.3 Å². The number of benzene rings is 3. The van der Waals surface area contributed by atoms with Crippen LogP contribution in [0.15, 0.2) is 104 Å². The first-order valence-corrected chi connectivity index (χ1v) is 17.2. The second-order valence-electron chi connectivity index (χ2n) is 12.1. The summed E-state index contributed by atoms with van der Waals surface area (Å²) in [5.74, 6) is -2.28. The molecular formula is C40H47N3O8. The Hall–Kier alpha value is -5.26. The number of carbonyl (C=O) groups is 4. The SMILES string of the molecule is C=CCC[C@H](NC(=O)OCC1c2ccccc2-c2ccccc21)C(=O)O[C@H](CNC(=O)[C@@H](CC=C)CC(=O)NCCOCCO)c1ccccc1. The van der Waals surface area contributed by atoms with E-state index >= 15 is 0 Å². The molecule has 51 heavy (non-hydrogen) atoms. The zero-order chi connectivity index (χ0) is 36.4. The number of alkyl carbamates (subject to hydrolysis) is 1. The monoisotopic (exact) mass is 697 g/mol. The number of aliphatic hydroxyl groups is 1. The van der Waals surface area contributed by atoms with Gasteiger partial charge in [-0.1, -0.05) is 91.0 Å². The first kappa shape index (κ1) is 38.5. The first-order valence-electron chi connectivity index (χ1n) is 17.2. The summed E-state index contributed by atoms with van der Waals surface area (Å²) in [7, 11) is 0. The van der Waals surface area contributed by atoms with E-state index in [1.54, 1.807) is 36.4 Å². The molecule has 0 bridgehead atoms. The molecule has 1 aliphatic rings. The minimum Gasteiger partial charge on any atom is -0.454 e. The van der Waals surface area contributed by atoms with Crippen LogP contribution in [0.25, 0.3) is 11.1 Å². The van der Waals surface area contributed by atoms with Crippen molar-refractivity contribution in [3.05, 3.63) is 121 Å². The number of esters is 1. The molecule has 11 heteroatoms. The summed E-state index contributed by atoms with van der Waals surface area (Å²) in [5, 5.41) is 17.0. The number of hydrogen-bond donors (Lipinski definition) is 4. The molecule has 3 aromatic carbocycles. The highest BCUT2D eigenvalue weighted by Gasteiger charge is 2.31. The van der Waals surface area contributed by atoms with Gasteiger partial charge in [0, 0.05) is 18.9 Å². The Morgan fingerprint density at radius 3 is 2.16 bits per heavy atom. The van der Waals surface area contributed by atoms with Crippen molar-refractivity contribution in [1.82, 2.24) is 16.0 Å². The Morgan fingerprint density at radius 1 is 0.843 bits per heavy atom. The van der Waals surface area contributed by atoms with E-state index in [1.807, 2.05) is 42.5 Å². The minimum absolute atomic E-state index is 0.0715. The van der Waals surface area contributed by atoms with E-state index in [0.29, 0.717) is 12.0 Å².